The van der Waals surface area contributed by atoms with Crippen molar-refractivity contribution in [2.45, 2.75) is 39.0 Å². The van der Waals surface area contributed by atoms with E-state index in [1.54, 1.807) is 0 Å². The fourth-order valence-corrected chi connectivity index (χ4v) is 4.57. The smallest absolute Gasteiger partial charge is 0.228 e. The molecule has 1 N–H and O–H groups in total. The Hall–Kier alpha value is -3.48. The predicted octanol–water partition coefficient (Wildman–Crippen LogP) is 4.18. The van der Waals surface area contributed by atoms with Crippen LogP contribution in [0.1, 0.15) is 41.4 Å². The molecule has 3 aromatic heterocycles. The lowest BCUT2D eigenvalue weighted by Gasteiger charge is -2.33. The standard InChI is InChI=1S/C24H25N5O2/c1-15-5-6-20-19(12-15)23(17-7-9-25-10-8-17)24(26-20)18-4-3-11-29(14-18)22(30)13-21-16(2)27-31-28-21/h5-10,12,18,26H,3-4,11,13-14H2,1-2H3/t18-/m0/s1. The Kier molecular flexibility index (Phi) is 5.02. The molecule has 1 aliphatic heterocycles. The second-order valence-electron chi connectivity index (χ2n) is 8.35. The average molecular weight is 415 g/mol. The van der Waals surface area contributed by atoms with E-state index in [1.807, 2.05) is 24.2 Å². The highest BCUT2D eigenvalue weighted by molar-refractivity contribution is 5.98. The van der Waals surface area contributed by atoms with Crippen molar-refractivity contribution in [3.05, 3.63) is 65.4 Å². The van der Waals surface area contributed by atoms with Crippen molar-refractivity contribution in [1.82, 2.24) is 25.2 Å². The number of pyridine rings is 1. The monoisotopic (exact) mass is 415 g/mol. The van der Waals surface area contributed by atoms with Gasteiger partial charge in [0.2, 0.25) is 5.91 Å². The van der Waals surface area contributed by atoms with Crippen LogP contribution in [0.15, 0.2) is 47.4 Å². The molecule has 1 aliphatic rings. The van der Waals surface area contributed by atoms with E-state index >= 15 is 0 Å². The van der Waals surface area contributed by atoms with Crippen molar-refractivity contribution in [2.24, 2.45) is 0 Å². The second kappa shape index (κ2) is 7.98. The van der Waals surface area contributed by atoms with Crippen LogP contribution in [0.5, 0.6) is 0 Å². The molecule has 0 aliphatic carbocycles. The molecule has 7 heteroatoms. The van der Waals surface area contributed by atoms with Crippen molar-refractivity contribution in [1.29, 1.82) is 0 Å². The first-order valence-corrected chi connectivity index (χ1v) is 10.7. The second-order valence-corrected chi connectivity index (χ2v) is 8.35. The summed E-state index contributed by atoms with van der Waals surface area (Å²) in [6.07, 6.45) is 5.90. The van der Waals surface area contributed by atoms with E-state index in [4.69, 9.17) is 4.63 Å². The van der Waals surface area contributed by atoms with Crippen LogP contribution in [0.2, 0.25) is 0 Å². The summed E-state index contributed by atoms with van der Waals surface area (Å²) in [7, 11) is 0. The molecule has 0 spiro atoms. The number of rotatable bonds is 4. The Morgan fingerprint density at radius 3 is 2.81 bits per heavy atom. The van der Waals surface area contributed by atoms with Crippen molar-refractivity contribution < 1.29 is 9.42 Å². The number of hydrogen-bond donors (Lipinski definition) is 1. The van der Waals surface area contributed by atoms with Crippen LogP contribution in [-0.4, -0.2) is 44.2 Å². The zero-order valence-electron chi connectivity index (χ0n) is 17.8. The van der Waals surface area contributed by atoms with Crippen LogP contribution in [-0.2, 0) is 11.2 Å². The molecule has 31 heavy (non-hydrogen) atoms. The molecule has 1 amide bonds. The summed E-state index contributed by atoms with van der Waals surface area (Å²) in [6, 6.07) is 10.6. The number of aromatic amines is 1. The quantitative estimate of drug-likeness (QED) is 0.540. The number of H-pyrrole nitrogens is 1. The summed E-state index contributed by atoms with van der Waals surface area (Å²) in [5, 5.41) is 8.88. The van der Waals surface area contributed by atoms with Crippen LogP contribution >= 0.6 is 0 Å². The number of carbonyl (C=O) groups is 1. The summed E-state index contributed by atoms with van der Waals surface area (Å²) in [6.45, 7) is 5.38. The van der Waals surface area contributed by atoms with Gasteiger partial charge in [-0.15, -0.1) is 0 Å². The minimum atomic E-state index is 0.0703. The minimum absolute atomic E-state index is 0.0703. The van der Waals surface area contributed by atoms with Gasteiger partial charge in [-0.25, -0.2) is 4.63 Å². The maximum Gasteiger partial charge on any atom is 0.228 e. The number of aryl methyl sites for hydroxylation is 2. The minimum Gasteiger partial charge on any atom is -0.358 e. The highest BCUT2D eigenvalue weighted by Crippen LogP contribution is 2.39. The van der Waals surface area contributed by atoms with Gasteiger partial charge >= 0.3 is 0 Å². The largest absolute Gasteiger partial charge is 0.358 e. The lowest BCUT2D eigenvalue weighted by atomic mass is 9.89. The van der Waals surface area contributed by atoms with Gasteiger partial charge in [-0.3, -0.25) is 9.78 Å². The zero-order valence-corrected chi connectivity index (χ0v) is 17.8. The summed E-state index contributed by atoms with van der Waals surface area (Å²) in [5.74, 6) is 0.311. The first-order valence-electron chi connectivity index (χ1n) is 10.7. The SMILES string of the molecule is Cc1ccc2[nH]c([C@H]3CCCN(C(=O)Cc4nonc4C)C3)c(-c3ccncc3)c2c1. The maximum atomic E-state index is 13.0. The first-order chi connectivity index (χ1) is 15.1. The van der Waals surface area contributed by atoms with Crippen LogP contribution in [0.4, 0.5) is 0 Å². The molecule has 0 unspecified atom stereocenters. The summed E-state index contributed by atoms with van der Waals surface area (Å²) < 4.78 is 4.75. The van der Waals surface area contributed by atoms with Crippen LogP contribution in [0.3, 0.4) is 0 Å². The topological polar surface area (TPSA) is 87.9 Å². The van der Waals surface area contributed by atoms with Crippen LogP contribution < -0.4 is 0 Å². The molecule has 0 saturated carbocycles. The van der Waals surface area contributed by atoms with E-state index in [9.17, 15) is 4.79 Å². The molecule has 1 fully saturated rings. The molecular weight excluding hydrogens is 390 g/mol. The molecule has 1 saturated heterocycles. The number of nitrogens with one attached hydrogen (secondary N) is 1. The van der Waals surface area contributed by atoms with Gasteiger partial charge < -0.3 is 9.88 Å². The molecule has 158 valence electrons. The molecule has 1 atom stereocenters. The fraction of sp³-hybridized carbons (Fsp3) is 0.333. The lowest BCUT2D eigenvalue weighted by molar-refractivity contribution is -0.131. The van der Waals surface area contributed by atoms with Gasteiger partial charge in [0.05, 0.1) is 6.42 Å². The van der Waals surface area contributed by atoms with Crippen LogP contribution in [0, 0.1) is 13.8 Å². The van der Waals surface area contributed by atoms with Gasteiger partial charge in [0.15, 0.2) is 0 Å². The third-order valence-corrected chi connectivity index (χ3v) is 6.20. The van der Waals surface area contributed by atoms with Crippen molar-refractivity contribution >= 4 is 16.8 Å². The molecule has 5 rings (SSSR count). The van der Waals surface area contributed by atoms with E-state index in [0.29, 0.717) is 17.9 Å². The molecule has 1 aromatic carbocycles. The van der Waals surface area contributed by atoms with E-state index in [0.717, 1.165) is 30.5 Å². The number of amides is 1. The Morgan fingerprint density at radius 2 is 2.03 bits per heavy atom. The maximum absolute atomic E-state index is 13.0. The van der Waals surface area contributed by atoms with Gasteiger partial charge in [0, 0.05) is 53.6 Å². The highest BCUT2D eigenvalue weighted by Gasteiger charge is 2.29. The van der Waals surface area contributed by atoms with Gasteiger partial charge in [0.25, 0.3) is 0 Å². The fourth-order valence-electron chi connectivity index (χ4n) is 4.57. The molecule has 4 heterocycles. The number of fused-ring (bicyclic) bond motifs is 1. The summed E-state index contributed by atoms with van der Waals surface area (Å²) >= 11 is 0. The van der Waals surface area contributed by atoms with Gasteiger partial charge in [-0.2, -0.15) is 0 Å². The Morgan fingerprint density at radius 1 is 1.19 bits per heavy atom. The highest BCUT2D eigenvalue weighted by atomic mass is 16.6. The van der Waals surface area contributed by atoms with E-state index in [-0.39, 0.29) is 18.2 Å². The van der Waals surface area contributed by atoms with E-state index in [2.05, 4.69) is 57.5 Å². The van der Waals surface area contributed by atoms with Crippen molar-refractivity contribution in [3.63, 3.8) is 0 Å². The van der Waals surface area contributed by atoms with Crippen molar-refractivity contribution in [3.8, 4) is 11.1 Å². The van der Waals surface area contributed by atoms with E-state index in [1.165, 1.54) is 22.2 Å². The predicted molar refractivity (Wildman–Crippen MR) is 118 cm³/mol. The first kappa shape index (κ1) is 19.5. The Balaban J connectivity index is 1.49. The number of hydrogen-bond acceptors (Lipinski definition) is 5. The zero-order chi connectivity index (χ0) is 21.4. The Labute approximate surface area is 180 Å². The molecule has 0 radical (unpaired) electrons. The summed E-state index contributed by atoms with van der Waals surface area (Å²) in [4.78, 5) is 22.8. The number of aromatic nitrogens is 4. The molecular formula is C24H25N5O2. The number of nitrogens with zero attached hydrogens (tertiary/aromatic N) is 4. The third kappa shape index (κ3) is 3.71. The normalized spacial score (nSPS) is 16.7. The third-order valence-electron chi connectivity index (χ3n) is 6.20. The van der Waals surface area contributed by atoms with Crippen LogP contribution in [0.25, 0.3) is 22.0 Å². The number of carbonyl (C=O) groups excluding carboxylic acids is 1. The van der Waals surface area contributed by atoms with Gasteiger partial charge in [-0.1, -0.05) is 21.9 Å². The average Bonchev–Trinajstić information content (AvgIpc) is 3.37. The molecule has 7 nitrogen and oxygen atoms in total. The van der Waals surface area contributed by atoms with Crippen molar-refractivity contribution in [2.75, 3.05) is 13.1 Å². The number of piperidine rings is 1. The number of benzene rings is 1. The Bertz CT molecular complexity index is 1230. The molecule has 0 bridgehead atoms. The molecule has 4 aromatic rings. The van der Waals surface area contributed by atoms with Gasteiger partial charge in [-0.05, 0) is 56.5 Å². The van der Waals surface area contributed by atoms with E-state index < -0.39 is 0 Å². The lowest BCUT2D eigenvalue weighted by Crippen LogP contribution is -2.40. The summed E-state index contributed by atoms with van der Waals surface area (Å²) in [5.41, 5.74) is 7.21. The number of likely N-dealkylation sites (tertiary alicyclic amines) is 1. The van der Waals surface area contributed by atoms with Gasteiger partial charge in [0.1, 0.15) is 11.4 Å².